The summed E-state index contributed by atoms with van der Waals surface area (Å²) in [5, 5.41) is 3.99. The lowest BCUT2D eigenvalue weighted by molar-refractivity contribution is 0.404. The predicted octanol–water partition coefficient (Wildman–Crippen LogP) is 3.48. The summed E-state index contributed by atoms with van der Waals surface area (Å²) in [6, 6.07) is 7.83. The van der Waals surface area contributed by atoms with Crippen LogP contribution in [0.15, 0.2) is 50.6 Å². The number of methoxy groups -OCH3 is 1. The second-order valence-electron chi connectivity index (χ2n) is 5.89. The molecular formula is C18H17ClFNO4S. The van der Waals surface area contributed by atoms with E-state index in [0.29, 0.717) is 17.9 Å². The third-order valence-electron chi connectivity index (χ3n) is 4.40. The molecule has 0 radical (unpaired) electrons. The third kappa shape index (κ3) is 2.96. The number of hydrogen-bond donors (Lipinski definition) is 1. The van der Waals surface area contributed by atoms with E-state index in [9.17, 15) is 12.8 Å². The average Bonchev–Trinajstić information content (AvgIpc) is 3.00. The van der Waals surface area contributed by atoms with E-state index in [0.717, 1.165) is 41.8 Å². The lowest BCUT2D eigenvalue weighted by atomic mass is 10.1. The standard InChI is InChI=1S/C18H16FNO4S.ClH/c1-23-17-9-13(25(21,22)12-4-2-11(19)3-5-12)8-14-15-10-20-7-6-16(15)24-18(14)17;/h2-5,8-9,20H,6-7,10H2,1H3;1H. The fourth-order valence-corrected chi connectivity index (χ4v) is 4.41. The molecular weight excluding hydrogens is 381 g/mol. The van der Waals surface area contributed by atoms with Gasteiger partial charge in [0.1, 0.15) is 11.6 Å². The van der Waals surface area contributed by atoms with Crippen LogP contribution in [-0.2, 0) is 22.8 Å². The summed E-state index contributed by atoms with van der Waals surface area (Å²) in [5.74, 6) is 0.734. The van der Waals surface area contributed by atoms with Crippen LogP contribution >= 0.6 is 12.4 Å². The van der Waals surface area contributed by atoms with Gasteiger partial charge in [-0.25, -0.2) is 12.8 Å². The molecule has 0 aliphatic carbocycles. The highest BCUT2D eigenvalue weighted by Gasteiger charge is 2.25. The van der Waals surface area contributed by atoms with Crippen LogP contribution in [0.3, 0.4) is 0 Å². The van der Waals surface area contributed by atoms with Crippen LogP contribution in [0.2, 0.25) is 0 Å². The van der Waals surface area contributed by atoms with E-state index >= 15 is 0 Å². The van der Waals surface area contributed by atoms with E-state index in [2.05, 4.69) is 5.32 Å². The summed E-state index contributed by atoms with van der Waals surface area (Å²) in [7, 11) is -2.32. The van der Waals surface area contributed by atoms with E-state index in [1.807, 2.05) is 0 Å². The fraction of sp³-hybridized carbons (Fsp3) is 0.222. The average molecular weight is 398 g/mol. The molecule has 1 aliphatic rings. The Hall–Kier alpha value is -2.09. The van der Waals surface area contributed by atoms with Crippen molar-refractivity contribution >= 4 is 33.2 Å². The normalized spacial score (nSPS) is 13.9. The molecule has 2 aromatic carbocycles. The number of ether oxygens (including phenoxy) is 1. The lowest BCUT2D eigenvalue weighted by Crippen LogP contribution is -2.22. The van der Waals surface area contributed by atoms with Crippen molar-refractivity contribution in [1.29, 1.82) is 0 Å². The Kier molecular flexibility index (Phi) is 4.96. The van der Waals surface area contributed by atoms with Crippen molar-refractivity contribution in [2.75, 3.05) is 13.7 Å². The monoisotopic (exact) mass is 397 g/mol. The summed E-state index contributed by atoms with van der Waals surface area (Å²) in [5.41, 5.74) is 1.50. The number of rotatable bonds is 3. The summed E-state index contributed by atoms with van der Waals surface area (Å²) in [6.07, 6.45) is 0.743. The largest absolute Gasteiger partial charge is 0.493 e. The highest BCUT2D eigenvalue weighted by atomic mass is 35.5. The highest BCUT2D eigenvalue weighted by molar-refractivity contribution is 7.91. The Labute approximate surface area is 156 Å². The minimum Gasteiger partial charge on any atom is -0.493 e. The number of furan rings is 1. The third-order valence-corrected chi connectivity index (χ3v) is 6.15. The number of fused-ring (bicyclic) bond motifs is 3. The fourth-order valence-electron chi connectivity index (χ4n) is 3.11. The molecule has 1 N–H and O–H groups in total. The number of halogens is 2. The second kappa shape index (κ2) is 6.90. The molecule has 138 valence electrons. The quantitative estimate of drug-likeness (QED) is 0.685. The molecule has 5 nitrogen and oxygen atoms in total. The van der Waals surface area contributed by atoms with Gasteiger partial charge in [-0.15, -0.1) is 12.4 Å². The van der Waals surface area contributed by atoms with Crippen molar-refractivity contribution in [1.82, 2.24) is 5.32 Å². The summed E-state index contributed by atoms with van der Waals surface area (Å²) >= 11 is 0. The van der Waals surface area contributed by atoms with E-state index in [1.54, 1.807) is 6.07 Å². The Bertz CT molecular complexity index is 1060. The van der Waals surface area contributed by atoms with Crippen molar-refractivity contribution in [3.05, 3.63) is 53.5 Å². The number of nitrogens with one attached hydrogen (secondary N) is 1. The molecule has 0 amide bonds. The van der Waals surface area contributed by atoms with Gasteiger partial charge in [0.15, 0.2) is 11.3 Å². The maximum absolute atomic E-state index is 13.1. The minimum atomic E-state index is -3.79. The molecule has 3 aromatic rings. The smallest absolute Gasteiger partial charge is 0.206 e. The minimum absolute atomic E-state index is 0. The molecule has 1 aliphatic heterocycles. The number of benzene rings is 2. The Balaban J connectivity index is 0.00000196. The highest BCUT2D eigenvalue weighted by Crippen LogP contribution is 2.37. The van der Waals surface area contributed by atoms with E-state index in [4.69, 9.17) is 9.15 Å². The van der Waals surface area contributed by atoms with Crippen LogP contribution in [-0.4, -0.2) is 22.1 Å². The Morgan fingerprint density at radius 1 is 1.15 bits per heavy atom. The second-order valence-corrected chi connectivity index (χ2v) is 7.84. The van der Waals surface area contributed by atoms with Gasteiger partial charge < -0.3 is 14.5 Å². The van der Waals surface area contributed by atoms with E-state index < -0.39 is 15.7 Å². The molecule has 0 saturated heterocycles. The molecule has 4 rings (SSSR count). The maximum atomic E-state index is 13.1. The zero-order valence-corrected chi connectivity index (χ0v) is 15.5. The van der Waals surface area contributed by atoms with Crippen LogP contribution in [0, 0.1) is 5.82 Å². The Morgan fingerprint density at radius 2 is 1.88 bits per heavy atom. The van der Waals surface area contributed by atoms with E-state index in [-0.39, 0.29) is 22.2 Å². The lowest BCUT2D eigenvalue weighted by Gasteiger charge is -2.11. The van der Waals surface area contributed by atoms with Crippen molar-refractivity contribution < 1.29 is 22.0 Å². The van der Waals surface area contributed by atoms with Crippen LogP contribution in [0.1, 0.15) is 11.3 Å². The van der Waals surface area contributed by atoms with Gasteiger partial charge in [-0.2, -0.15) is 0 Å². The first-order valence-electron chi connectivity index (χ1n) is 7.84. The molecule has 2 heterocycles. The van der Waals surface area contributed by atoms with Crippen LogP contribution in [0.4, 0.5) is 4.39 Å². The summed E-state index contributed by atoms with van der Waals surface area (Å²) in [6.45, 7) is 1.43. The summed E-state index contributed by atoms with van der Waals surface area (Å²) < 4.78 is 50.2. The predicted molar refractivity (Wildman–Crippen MR) is 97.3 cm³/mol. The molecule has 26 heavy (non-hydrogen) atoms. The molecule has 0 fully saturated rings. The molecule has 0 spiro atoms. The van der Waals surface area contributed by atoms with Crippen molar-refractivity contribution in [3.63, 3.8) is 0 Å². The first-order chi connectivity index (χ1) is 12.0. The number of sulfone groups is 1. The Morgan fingerprint density at radius 3 is 2.58 bits per heavy atom. The van der Waals surface area contributed by atoms with Gasteiger partial charge >= 0.3 is 0 Å². The molecule has 1 aromatic heterocycles. The van der Waals surface area contributed by atoms with E-state index in [1.165, 1.54) is 25.3 Å². The van der Waals surface area contributed by atoms with Crippen LogP contribution < -0.4 is 10.1 Å². The van der Waals surface area contributed by atoms with Gasteiger partial charge in [0.2, 0.25) is 9.84 Å². The molecule has 0 bridgehead atoms. The van der Waals surface area contributed by atoms with Crippen molar-refractivity contribution in [3.8, 4) is 5.75 Å². The van der Waals surface area contributed by atoms with Gasteiger partial charge in [-0.05, 0) is 30.3 Å². The van der Waals surface area contributed by atoms with Gasteiger partial charge in [-0.3, -0.25) is 0 Å². The van der Waals surface area contributed by atoms with Crippen LogP contribution in [0.25, 0.3) is 11.0 Å². The zero-order valence-electron chi connectivity index (χ0n) is 13.9. The van der Waals surface area contributed by atoms with Gasteiger partial charge in [0.05, 0.1) is 16.9 Å². The van der Waals surface area contributed by atoms with Crippen LogP contribution in [0.5, 0.6) is 5.75 Å². The maximum Gasteiger partial charge on any atom is 0.206 e. The molecule has 0 saturated carbocycles. The van der Waals surface area contributed by atoms with Gasteiger partial charge in [0.25, 0.3) is 0 Å². The SMILES string of the molecule is COc1cc(S(=O)(=O)c2ccc(F)cc2)cc2c3c(oc12)CCNC3.Cl. The van der Waals surface area contributed by atoms with Crippen molar-refractivity contribution in [2.45, 2.75) is 22.8 Å². The summed E-state index contributed by atoms with van der Waals surface area (Å²) in [4.78, 5) is 0.128. The molecule has 0 atom stereocenters. The van der Waals surface area contributed by atoms with Crippen molar-refractivity contribution in [2.24, 2.45) is 0 Å². The number of hydrogen-bond acceptors (Lipinski definition) is 5. The topological polar surface area (TPSA) is 68.5 Å². The molecule has 0 unspecified atom stereocenters. The zero-order chi connectivity index (χ0) is 17.6. The first kappa shape index (κ1) is 18.7. The molecule has 8 heteroatoms. The first-order valence-corrected chi connectivity index (χ1v) is 9.32. The van der Waals surface area contributed by atoms with Gasteiger partial charge in [-0.1, -0.05) is 0 Å². The van der Waals surface area contributed by atoms with Gasteiger partial charge in [0, 0.05) is 36.5 Å².